The highest BCUT2D eigenvalue weighted by Crippen LogP contribution is 2.24. The second-order valence-electron chi connectivity index (χ2n) is 3.63. The van der Waals surface area contributed by atoms with E-state index in [1.54, 1.807) is 29.1 Å². The zero-order valence-corrected chi connectivity index (χ0v) is 9.48. The Hall–Kier alpha value is -2.07. The molecule has 0 unspecified atom stereocenters. The molecule has 17 heavy (non-hydrogen) atoms. The van der Waals surface area contributed by atoms with E-state index >= 15 is 0 Å². The summed E-state index contributed by atoms with van der Waals surface area (Å²) < 4.78 is 1.68. The van der Waals surface area contributed by atoms with Crippen LogP contribution >= 0.6 is 11.6 Å². The van der Waals surface area contributed by atoms with E-state index in [0.29, 0.717) is 16.4 Å². The minimum atomic E-state index is -0.229. The van der Waals surface area contributed by atoms with Gasteiger partial charge in [-0.1, -0.05) is 29.8 Å². The molecule has 0 aliphatic heterocycles. The topological polar surface area (TPSA) is 50.2 Å². The van der Waals surface area contributed by atoms with Gasteiger partial charge in [0.1, 0.15) is 0 Å². The predicted octanol–water partition coefficient (Wildman–Crippen LogP) is 2.34. The van der Waals surface area contributed by atoms with Crippen molar-refractivity contribution in [1.29, 1.82) is 0 Å². The maximum atomic E-state index is 11.8. The minimum Gasteiger partial charge on any atom is -0.317 e. The van der Waals surface area contributed by atoms with Crippen LogP contribution in [0.15, 0.2) is 47.7 Å². The molecule has 0 spiro atoms. The second kappa shape index (κ2) is 3.75. The Kier molecular flexibility index (Phi) is 2.23. The number of nitrogens with one attached hydrogen (secondary N) is 1. The van der Waals surface area contributed by atoms with Crippen molar-refractivity contribution in [2.75, 3.05) is 0 Å². The van der Waals surface area contributed by atoms with Crippen LogP contribution < -0.4 is 5.56 Å². The van der Waals surface area contributed by atoms with Crippen molar-refractivity contribution in [3.8, 4) is 11.3 Å². The number of nitrogens with zero attached hydrogens (tertiary/aromatic N) is 2. The van der Waals surface area contributed by atoms with E-state index in [-0.39, 0.29) is 5.56 Å². The van der Waals surface area contributed by atoms with Crippen LogP contribution in [0.2, 0.25) is 5.02 Å². The molecule has 1 aromatic carbocycles. The zero-order chi connectivity index (χ0) is 11.8. The van der Waals surface area contributed by atoms with Gasteiger partial charge in [-0.05, 0) is 6.07 Å². The number of imidazole rings is 1. The van der Waals surface area contributed by atoms with Crippen molar-refractivity contribution in [2.24, 2.45) is 0 Å². The van der Waals surface area contributed by atoms with E-state index in [2.05, 4.69) is 9.97 Å². The van der Waals surface area contributed by atoms with Crippen LogP contribution in [0, 0.1) is 0 Å². The molecule has 0 aliphatic rings. The molecule has 1 N–H and O–H groups in total. The largest absolute Gasteiger partial charge is 0.317 e. The number of aromatic amines is 1. The van der Waals surface area contributed by atoms with Crippen LogP contribution in [-0.4, -0.2) is 14.4 Å². The van der Waals surface area contributed by atoms with Crippen molar-refractivity contribution in [3.63, 3.8) is 0 Å². The van der Waals surface area contributed by atoms with Crippen LogP contribution in [0.3, 0.4) is 0 Å². The number of benzene rings is 1. The summed E-state index contributed by atoms with van der Waals surface area (Å²) in [7, 11) is 0. The van der Waals surface area contributed by atoms with Crippen molar-refractivity contribution in [2.45, 2.75) is 0 Å². The predicted molar refractivity (Wildman–Crippen MR) is 66.3 cm³/mol. The number of H-pyrrole nitrogens is 1. The molecule has 2 aromatic heterocycles. The lowest BCUT2D eigenvalue weighted by atomic mass is 10.1. The molecule has 5 heteroatoms. The summed E-state index contributed by atoms with van der Waals surface area (Å²) in [5.41, 5.74) is 1.61. The van der Waals surface area contributed by atoms with Gasteiger partial charge in [0.25, 0.3) is 5.56 Å². The van der Waals surface area contributed by atoms with E-state index in [4.69, 9.17) is 11.6 Å². The van der Waals surface area contributed by atoms with E-state index in [1.165, 1.54) is 0 Å². The molecule has 0 fully saturated rings. The molecule has 84 valence electrons. The molecule has 3 rings (SSSR count). The van der Waals surface area contributed by atoms with Crippen LogP contribution in [0.4, 0.5) is 0 Å². The molecule has 2 heterocycles. The van der Waals surface area contributed by atoms with Gasteiger partial charge in [0.05, 0.1) is 5.69 Å². The Morgan fingerprint density at radius 3 is 2.94 bits per heavy atom. The Bertz CT molecular complexity index is 745. The lowest BCUT2D eigenvalue weighted by Crippen LogP contribution is -2.11. The number of aromatic nitrogens is 3. The van der Waals surface area contributed by atoms with Crippen molar-refractivity contribution >= 4 is 17.2 Å². The first-order chi connectivity index (χ1) is 8.25. The highest BCUT2D eigenvalue weighted by molar-refractivity contribution is 6.33. The molecule has 0 atom stereocenters. The van der Waals surface area contributed by atoms with E-state index in [1.807, 2.05) is 18.2 Å². The SMILES string of the molecule is O=c1[nH]c(-c2ccccc2Cl)cn2ccnc12. The van der Waals surface area contributed by atoms with Crippen molar-refractivity contribution < 1.29 is 0 Å². The molecule has 0 amide bonds. The van der Waals surface area contributed by atoms with Crippen LogP contribution in [0.25, 0.3) is 16.9 Å². The Labute approximate surface area is 102 Å². The fourth-order valence-corrected chi connectivity index (χ4v) is 2.00. The van der Waals surface area contributed by atoms with Crippen molar-refractivity contribution in [1.82, 2.24) is 14.4 Å². The fourth-order valence-electron chi connectivity index (χ4n) is 1.76. The average Bonchev–Trinajstić information content (AvgIpc) is 2.78. The molecular weight excluding hydrogens is 238 g/mol. The molecule has 0 saturated heterocycles. The number of hydrogen-bond acceptors (Lipinski definition) is 2. The first-order valence-electron chi connectivity index (χ1n) is 5.06. The number of fused-ring (bicyclic) bond motifs is 1. The highest BCUT2D eigenvalue weighted by Gasteiger charge is 2.07. The van der Waals surface area contributed by atoms with Gasteiger partial charge in [-0.15, -0.1) is 0 Å². The third-order valence-electron chi connectivity index (χ3n) is 2.55. The van der Waals surface area contributed by atoms with Crippen LogP contribution in [0.1, 0.15) is 0 Å². The maximum absolute atomic E-state index is 11.8. The van der Waals surface area contributed by atoms with Gasteiger partial charge in [-0.25, -0.2) is 4.98 Å². The van der Waals surface area contributed by atoms with Gasteiger partial charge in [0.2, 0.25) is 5.65 Å². The summed E-state index contributed by atoms with van der Waals surface area (Å²) in [4.78, 5) is 18.5. The number of halogens is 1. The van der Waals surface area contributed by atoms with Gasteiger partial charge in [-0.2, -0.15) is 0 Å². The fraction of sp³-hybridized carbons (Fsp3) is 0. The molecule has 0 bridgehead atoms. The Morgan fingerprint density at radius 2 is 2.12 bits per heavy atom. The molecule has 0 aliphatic carbocycles. The second-order valence-corrected chi connectivity index (χ2v) is 4.04. The van der Waals surface area contributed by atoms with Gasteiger partial charge >= 0.3 is 0 Å². The smallest absolute Gasteiger partial charge is 0.292 e. The van der Waals surface area contributed by atoms with E-state index < -0.39 is 0 Å². The zero-order valence-electron chi connectivity index (χ0n) is 8.72. The summed E-state index contributed by atoms with van der Waals surface area (Å²) in [6.45, 7) is 0. The Balaban J connectivity index is 2.32. The van der Waals surface area contributed by atoms with Gasteiger partial charge < -0.3 is 9.38 Å². The monoisotopic (exact) mass is 245 g/mol. The summed E-state index contributed by atoms with van der Waals surface area (Å²) in [5.74, 6) is 0. The van der Waals surface area contributed by atoms with Crippen LogP contribution in [-0.2, 0) is 0 Å². The Morgan fingerprint density at radius 1 is 1.29 bits per heavy atom. The third-order valence-corrected chi connectivity index (χ3v) is 2.88. The lowest BCUT2D eigenvalue weighted by molar-refractivity contribution is 1.10. The summed E-state index contributed by atoms with van der Waals surface area (Å²) >= 11 is 6.09. The highest BCUT2D eigenvalue weighted by atomic mass is 35.5. The average molecular weight is 246 g/mol. The van der Waals surface area contributed by atoms with Gasteiger partial charge in [0.15, 0.2) is 0 Å². The molecular formula is C12H8ClN3O. The molecule has 3 aromatic rings. The maximum Gasteiger partial charge on any atom is 0.292 e. The third kappa shape index (κ3) is 1.62. The minimum absolute atomic E-state index is 0.229. The van der Waals surface area contributed by atoms with Crippen LogP contribution in [0.5, 0.6) is 0 Å². The molecule has 4 nitrogen and oxygen atoms in total. The standard InChI is InChI=1S/C12H8ClN3O/c13-9-4-2-1-3-8(9)10-7-16-6-5-14-11(16)12(17)15-10/h1-7H,(H,15,17). The summed E-state index contributed by atoms with van der Waals surface area (Å²) in [6.07, 6.45) is 5.11. The van der Waals surface area contributed by atoms with Crippen molar-refractivity contribution in [3.05, 3.63) is 58.2 Å². The van der Waals surface area contributed by atoms with E-state index in [0.717, 1.165) is 5.56 Å². The van der Waals surface area contributed by atoms with E-state index in [9.17, 15) is 4.79 Å². The molecule has 0 radical (unpaired) electrons. The summed E-state index contributed by atoms with van der Waals surface area (Å²) in [5, 5.41) is 0.600. The molecule has 0 saturated carbocycles. The summed E-state index contributed by atoms with van der Waals surface area (Å²) in [6, 6.07) is 7.36. The van der Waals surface area contributed by atoms with Gasteiger partial charge in [-0.3, -0.25) is 4.79 Å². The van der Waals surface area contributed by atoms with Gasteiger partial charge in [0, 0.05) is 29.2 Å². The quantitative estimate of drug-likeness (QED) is 0.715. The lowest BCUT2D eigenvalue weighted by Gasteiger charge is -2.04. The first kappa shape index (κ1) is 10.1. The normalized spacial score (nSPS) is 10.9. The number of hydrogen-bond donors (Lipinski definition) is 1. The number of rotatable bonds is 1. The first-order valence-corrected chi connectivity index (χ1v) is 5.44.